The van der Waals surface area contributed by atoms with Gasteiger partial charge < -0.3 is 10.1 Å². The molecule has 0 unspecified atom stereocenters. The summed E-state index contributed by atoms with van der Waals surface area (Å²) in [7, 11) is -3.46. The average Bonchev–Trinajstić information content (AvgIpc) is 2.89. The monoisotopic (exact) mass is 288 g/mol. The van der Waals surface area contributed by atoms with Crippen molar-refractivity contribution in [3.63, 3.8) is 0 Å². The summed E-state index contributed by atoms with van der Waals surface area (Å²) < 4.78 is 26.2. The van der Waals surface area contributed by atoms with E-state index in [-0.39, 0.29) is 11.6 Å². The third-order valence-electron chi connectivity index (χ3n) is 3.31. The van der Waals surface area contributed by atoms with E-state index >= 15 is 0 Å². The maximum atomic E-state index is 12.4. The predicted molar refractivity (Wildman–Crippen MR) is 70.3 cm³/mol. The Morgan fingerprint density at radius 1 is 1.37 bits per heavy atom. The summed E-state index contributed by atoms with van der Waals surface area (Å²) in [5.41, 5.74) is 0. The highest BCUT2D eigenvalue weighted by molar-refractivity contribution is 7.89. The number of imidazole rings is 1. The average molecular weight is 288 g/mol. The maximum absolute atomic E-state index is 12.4. The number of H-pyrrole nitrogens is 1. The molecule has 0 bridgehead atoms. The highest BCUT2D eigenvalue weighted by Crippen LogP contribution is 2.15. The van der Waals surface area contributed by atoms with Gasteiger partial charge in [-0.1, -0.05) is 6.92 Å². The molecule has 1 aromatic heterocycles. The second-order valence-corrected chi connectivity index (χ2v) is 6.42. The first-order valence-electron chi connectivity index (χ1n) is 6.45. The maximum Gasteiger partial charge on any atom is 0.260 e. The summed E-state index contributed by atoms with van der Waals surface area (Å²) in [5.74, 6) is 0.678. The highest BCUT2D eigenvalue weighted by Gasteiger charge is 2.29. The Morgan fingerprint density at radius 2 is 2.05 bits per heavy atom. The lowest BCUT2D eigenvalue weighted by Gasteiger charge is -2.33. The van der Waals surface area contributed by atoms with Crippen LogP contribution in [0.1, 0.15) is 12.7 Å². The van der Waals surface area contributed by atoms with Gasteiger partial charge in [-0.3, -0.25) is 4.90 Å². The first-order valence-corrected chi connectivity index (χ1v) is 7.89. The second kappa shape index (κ2) is 6.00. The Morgan fingerprint density at radius 3 is 2.58 bits per heavy atom. The van der Waals surface area contributed by atoms with E-state index in [4.69, 9.17) is 5.11 Å². The molecule has 19 heavy (non-hydrogen) atoms. The van der Waals surface area contributed by atoms with Crippen molar-refractivity contribution in [2.75, 3.05) is 39.3 Å². The molecule has 1 saturated heterocycles. The minimum absolute atomic E-state index is 0.104. The molecule has 0 amide bonds. The van der Waals surface area contributed by atoms with Crippen LogP contribution in [0.2, 0.25) is 0 Å². The number of aryl methyl sites for hydroxylation is 1. The summed E-state index contributed by atoms with van der Waals surface area (Å²) in [6.45, 7) is 4.81. The quantitative estimate of drug-likeness (QED) is 0.745. The van der Waals surface area contributed by atoms with E-state index in [1.807, 2.05) is 6.92 Å². The third-order valence-corrected chi connectivity index (χ3v) is 5.11. The number of hydrogen-bond donors (Lipinski definition) is 2. The van der Waals surface area contributed by atoms with Crippen molar-refractivity contribution in [1.29, 1.82) is 0 Å². The summed E-state index contributed by atoms with van der Waals surface area (Å²) in [4.78, 5) is 8.93. The molecule has 0 aromatic carbocycles. The van der Waals surface area contributed by atoms with Crippen molar-refractivity contribution < 1.29 is 13.5 Å². The fraction of sp³-hybridized carbons (Fsp3) is 0.727. The molecule has 1 aliphatic heterocycles. The molecule has 1 fully saturated rings. The van der Waals surface area contributed by atoms with Crippen LogP contribution < -0.4 is 0 Å². The molecular weight excluding hydrogens is 268 g/mol. The molecule has 2 heterocycles. The molecule has 8 heteroatoms. The van der Waals surface area contributed by atoms with E-state index in [0.717, 1.165) is 0 Å². The molecule has 1 aromatic rings. The van der Waals surface area contributed by atoms with Crippen LogP contribution in [0.5, 0.6) is 0 Å². The van der Waals surface area contributed by atoms with E-state index in [9.17, 15) is 8.42 Å². The molecule has 108 valence electrons. The van der Waals surface area contributed by atoms with Gasteiger partial charge in [-0.2, -0.15) is 4.31 Å². The number of aromatic amines is 1. The van der Waals surface area contributed by atoms with Crippen molar-refractivity contribution in [3.8, 4) is 0 Å². The zero-order valence-electron chi connectivity index (χ0n) is 11.0. The van der Waals surface area contributed by atoms with Crippen LogP contribution in [-0.4, -0.2) is 72.0 Å². The zero-order valence-corrected chi connectivity index (χ0v) is 11.9. The van der Waals surface area contributed by atoms with E-state index in [0.29, 0.717) is 45.0 Å². The van der Waals surface area contributed by atoms with Crippen molar-refractivity contribution in [2.24, 2.45) is 0 Å². The topological polar surface area (TPSA) is 89.5 Å². The SMILES string of the molecule is CCc1ncc(S(=O)(=O)N2CCN(CCO)CC2)[nH]1. The Labute approximate surface area is 113 Å². The lowest BCUT2D eigenvalue weighted by Crippen LogP contribution is -2.49. The van der Waals surface area contributed by atoms with Gasteiger partial charge in [-0.15, -0.1) is 0 Å². The smallest absolute Gasteiger partial charge is 0.260 e. The normalized spacial score (nSPS) is 18.8. The van der Waals surface area contributed by atoms with Crippen LogP contribution in [0.3, 0.4) is 0 Å². The molecule has 7 nitrogen and oxygen atoms in total. The van der Waals surface area contributed by atoms with Crippen LogP contribution in [0, 0.1) is 0 Å². The fourth-order valence-electron chi connectivity index (χ4n) is 2.13. The number of nitrogens with zero attached hydrogens (tertiary/aromatic N) is 3. The summed E-state index contributed by atoms with van der Waals surface area (Å²) in [5, 5.41) is 9.03. The first kappa shape index (κ1) is 14.4. The Kier molecular flexibility index (Phi) is 4.56. The van der Waals surface area contributed by atoms with Gasteiger partial charge in [0.25, 0.3) is 10.0 Å². The summed E-state index contributed by atoms with van der Waals surface area (Å²) in [6, 6.07) is 0. The van der Waals surface area contributed by atoms with Gasteiger partial charge in [0.05, 0.1) is 12.8 Å². The number of aliphatic hydroxyl groups excluding tert-OH is 1. The molecule has 0 saturated carbocycles. The largest absolute Gasteiger partial charge is 0.395 e. The van der Waals surface area contributed by atoms with Crippen LogP contribution in [0.4, 0.5) is 0 Å². The number of rotatable bonds is 5. The van der Waals surface area contributed by atoms with E-state index in [2.05, 4.69) is 14.9 Å². The summed E-state index contributed by atoms with van der Waals surface area (Å²) in [6.07, 6.45) is 2.06. The number of β-amino-alcohol motifs (C(OH)–C–C–N with tert-alkyl or cyclic N) is 1. The molecule has 2 N–H and O–H groups in total. The second-order valence-electron chi connectivity index (χ2n) is 4.52. The Hall–Kier alpha value is -0.960. The van der Waals surface area contributed by atoms with Gasteiger partial charge in [-0.05, 0) is 0 Å². The molecular formula is C11H20N4O3S. The van der Waals surface area contributed by atoms with Gasteiger partial charge in [0.2, 0.25) is 0 Å². The molecule has 1 aliphatic rings. The van der Waals surface area contributed by atoms with Crippen molar-refractivity contribution in [2.45, 2.75) is 18.4 Å². The Balaban J connectivity index is 2.05. The molecule has 0 atom stereocenters. The number of aromatic nitrogens is 2. The number of sulfonamides is 1. The van der Waals surface area contributed by atoms with Crippen LogP contribution in [-0.2, 0) is 16.4 Å². The molecule has 2 rings (SSSR count). The molecule has 0 spiro atoms. The van der Waals surface area contributed by atoms with Gasteiger partial charge in [0.1, 0.15) is 5.82 Å². The Bertz CT molecular complexity index is 506. The number of piperazine rings is 1. The lowest BCUT2D eigenvalue weighted by molar-refractivity contribution is 0.151. The van der Waals surface area contributed by atoms with Gasteiger partial charge >= 0.3 is 0 Å². The van der Waals surface area contributed by atoms with E-state index in [1.54, 1.807) is 0 Å². The van der Waals surface area contributed by atoms with Crippen molar-refractivity contribution >= 4 is 10.0 Å². The van der Waals surface area contributed by atoms with E-state index in [1.165, 1.54) is 10.5 Å². The highest BCUT2D eigenvalue weighted by atomic mass is 32.2. The summed E-state index contributed by atoms with van der Waals surface area (Å²) >= 11 is 0. The minimum Gasteiger partial charge on any atom is -0.395 e. The number of aliphatic hydroxyl groups is 1. The van der Waals surface area contributed by atoms with Gasteiger partial charge in [0.15, 0.2) is 5.03 Å². The van der Waals surface area contributed by atoms with Gasteiger partial charge in [0, 0.05) is 39.1 Å². The van der Waals surface area contributed by atoms with Crippen LogP contribution >= 0.6 is 0 Å². The zero-order chi connectivity index (χ0) is 13.9. The number of nitrogens with one attached hydrogen (secondary N) is 1. The molecule has 0 radical (unpaired) electrons. The molecule has 0 aliphatic carbocycles. The van der Waals surface area contributed by atoms with Crippen LogP contribution in [0.15, 0.2) is 11.2 Å². The standard InChI is InChI=1S/C11H20N4O3S/c1-2-10-12-9-11(13-10)19(17,18)15-5-3-14(4-6-15)7-8-16/h9,16H,2-8H2,1H3,(H,12,13). The van der Waals surface area contributed by atoms with Gasteiger partial charge in [-0.25, -0.2) is 13.4 Å². The van der Waals surface area contributed by atoms with Crippen LogP contribution in [0.25, 0.3) is 0 Å². The fourth-order valence-corrected chi connectivity index (χ4v) is 3.48. The predicted octanol–water partition coefficient (Wildman–Crippen LogP) is -0.729. The lowest BCUT2D eigenvalue weighted by atomic mass is 10.4. The first-order chi connectivity index (χ1) is 9.07. The number of hydrogen-bond acceptors (Lipinski definition) is 5. The third kappa shape index (κ3) is 3.14. The van der Waals surface area contributed by atoms with Crippen molar-refractivity contribution in [3.05, 3.63) is 12.0 Å². The van der Waals surface area contributed by atoms with E-state index < -0.39 is 10.0 Å². The van der Waals surface area contributed by atoms with Crippen molar-refractivity contribution in [1.82, 2.24) is 19.2 Å². The minimum atomic E-state index is -3.46.